The van der Waals surface area contributed by atoms with Gasteiger partial charge in [-0.3, -0.25) is 0 Å². The van der Waals surface area contributed by atoms with Gasteiger partial charge in [-0.05, 0) is 32.5 Å². The van der Waals surface area contributed by atoms with Crippen LogP contribution in [0.4, 0.5) is 0 Å². The van der Waals surface area contributed by atoms with Crippen molar-refractivity contribution < 1.29 is 8.42 Å². The molecule has 96 valence electrons. The first-order chi connectivity index (χ1) is 7.64. The Labute approximate surface area is 99.3 Å². The summed E-state index contributed by atoms with van der Waals surface area (Å²) in [6.07, 6.45) is 3.64. The third-order valence-electron chi connectivity index (χ3n) is 3.01. The second-order valence-corrected chi connectivity index (χ2v) is 6.71. The van der Waals surface area contributed by atoms with E-state index in [0.717, 1.165) is 32.7 Å². The monoisotopic (exact) mass is 248 g/mol. The molecule has 0 radical (unpaired) electrons. The maximum Gasteiger partial charge on any atom is 0.152 e. The van der Waals surface area contributed by atoms with Crippen molar-refractivity contribution in [2.75, 3.05) is 44.2 Å². The predicted octanol–water partition coefficient (Wildman–Crippen LogP) is 0.497. The van der Waals surface area contributed by atoms with Gasteiger partial charge < -0.3 is 10.2 Å². The molecule has 0 spiro atoms. The number of rotatable bonds is 7. The smallest absolute Gasteiger partial charge is 0.152 e. The predicted molar refractivity (Wildman–Crippen MR) is 67.5 cm³/mol. The second-order valence-electron chi connectivity index (χ2n) is 4.41. The van der Waals surface area contributed by atoms with Crippen molar-refractivity contribution in [3.63, 3.8) is 0 Å². The zero-order chi connectivity index (χ0) is 11.9. The van der Waals surface area contributed by atoms with Gasteiger partial charge in [-0.25, -0.2) is 8.42 Å². The fourth-order valence-electron chi connectivity index (χ4n) is 1.91. The zero-order valence-corrected chi connectivity index (χ0v) is 11.1. The third kappa shape index (κ3) is 5.82. The first-order valence-corrected chi connectivity index (χ1v) is 8.09. The van der Waals surface area contributed by atoms with Crippen molar-refractivity contribution in [3.8, 4) is 0 Å². The molecule has 5 heteroatoms. The molecule has 1 rings (SSSR count). The first kappa shape index (κ1) is 13.9. The Morgan fingerprint density at radius 3 is 2.44 bits per heavy atom. The Morgan fingerprint density at radius 2 is 1.81 bits per heavy atom. The lowest BCUT2D eigenvalue weighted by molar-refractivity contribution is 0.288. The molecule has 0 unspecified atom stereocenters. The Hall–Kier alpha value is -0.130. The summed E-state index contributed by atoms with van der Waals surface area (Å²) >= 11 is 0. The van der Waals surface area contributed by atoms with Crippen LogP contribution in [-0.2, 0) is 9.84 Å². The number of nitrogens with one attached hydrogen (secondary N) is 1. The van der Waals surface area contributed by atoms with Gasteiger partial charge in [-0.15, -0.1) is 0 Å². The summed E-state index contributed by atoms with van der Waals surface area (Å²) in [4.78, 5) is 2.27. The zero-order valence-electron chi connectivity index (χ0n) is 10.2. The molecule has 1 aliphatic heterocycles. The lowest BCUT2D eigenvalue weighted by Crippen LogP contribution is -2.40. The summed E-state index contributed by atoms with van der Waals surface area (Å²) in [5.74, 6) is 0.703. The molecular formula is C11H24N2O2S. The Morgan fingerprint density at radius 1 is 1.12 bits per heavy atom. The Kier molecular flexibility index (Phi) is 6.31. The molecule has 0 aromatic carbocycles. The van der Waals surface area contributed by atoms with Crippen molar-refractivity contribution >= 4 is 9.84 Å². The molecule has 0 saturated carbocycles. The van der Waals surface area contributed by atoms with Crippen LogP contribution in [0.25, 0.3) is 0 Å². The van der Waals surface area contributed by atoms with Crippen LogP contribution in [-0.4, -0.2) is 57.5 Å². The van der Waals surface area contributed by atoms with Gasteiger partial charge in [0.25, 0.3) is 0 Å². The van der Waals surface area contributed by atoms with Gasteiger partial charge in [0.05, 0.1) is 11.5 Å². The van der Waals surface area contributed by atoms with Gasteiger partial charge in [0.1, 0.15) is 0 Å². The average Bonchev–Trinajstić information content (AvgIpc) is 2.25. The quantitative estimate of drug-likeness (QED) is 0.667. The van der Waals surface area contributed by atoms with Crippen LogP contribution >= 0.6 is 0 Å². The fourth-order valence-corrected chi connectivity index (χ4v) is 3.19. The van der Waals surface area contributed by atoms with Crippen molar-refractivity contribution in [1.29, 1.82) is 0 Å². The molecule has 1 fully saturated rings. The first-order valence-electron chi connectivity index (χ1n) is 6.27. The lowest BCUT2D eigenvalue weighted by atomic mass is 10.2. The third-order valence-corrected chi connectivity index (χ3v) is 4.62. The number of hydrogen-bond acceptors (Lipinski definition) is 4. The van der Waals surface area contributed by atoms with E-state index in [4.69, 9.17) is 0 Å². The molecule has 0 aromatic rings. The van der Waals surface area contributed by atoms with E-state index < -0.39 is 9.84 Å². The summed E-state index contributed by atoms with van der Waals surface area (Å²) < 4.78 is 22.4. The van der Waals surface area contributed by atoms with Crippen LogP contribution in [0.3, 0.4) is 0 Å². The van der Waals surface area contributed by atoms with Crippen LogP contribution in [0.2, 0.25) is 0 Å². The van der Waals surface area contributed by atoms with Crippen LogP contribution in [0, 0.1) is 0 Å². The Balaban J connectivity index is 1.98. The van der Waals surface area contributed by atoms with E-state index in [1.54, 1.807) is 0 Å². The minimum atomic E-state index is -2.71. The summed E-state index contributed by atoms with van der Waals surface area (Å²) in [5, 5.41) is 3.30. The van der Waals surface area contributed by atoms with Gasteiger partial charge in [-0.1, -0.05) is 13.3 Å². The topological polar surface area (TPSA) is 49.4 Å². The number of sulfone groups is 1. The highest BCUT2D eigenvalue weighted by Gasteiger charge is 2.20. The molecule has 1 heterocycles. The number of hydrogen-bond donors (Lipinski definition) is 1. The van der Waals surface area contributed by atoms with Crippen LogP contribution < -0.4 is 5.32 Å². The van der Waals surface area contributed by atoms with Crippen LogP contribution in [0.15, 0.2) is 0 Å². The van der Waals surface area contributed by atoms with Crippen LogP contribution in [0.5, 0.6) is 0 Å². The molecule has 4 nitrogen and oxygen atoms in total. The average molecular weight is 248 g/mol. The highest BCUT2D eigenvalue weighted by atomic mass is 32.2. The van der Waals surface area contributed by atoms with Gasteiger partial charge in [0, 0.05) is 13.1 Å². The normalized spacial score (nSPS) is 21.1. The SMILES string of the molecule is CCNCCCCCN1CCS(=O)(=O)CC1. The van der Waals surface area contributed by atoms with E-state index in [-0.39, 0.29) is 0 Å². The summed E-state index contributed by atoms with van der Waals surface area (Å²) in [5.41, 5.74) is 0. The second kappa shape index (κ2) is 7.25. The van der Waals surface area contributed by atoms with E-state index in [2.05, 4.69) is 17.1 Å². The summed E-state index contributed by atoms with van der Waals surface area (Å²) in [7, 11) is -2.71. The maximum atomic E-state index is 11.2. The lowest BCUT2D eigenvalue weighted by Gasteiger charge is -2.26. The van der Waals surface area contributed by atoms with Crippen molar-refractivity contribution in [3.05, 3.63) is 0 Å². The molecule has 0 aromatic heterocycles. The van der Waals surface area contributed by atoms with E-state index in [1.807, 2.05) is 0 Å². The van der Waals surface area contributed by atoms with Gasteiger partial charge in [-0.2, -0.15) is 0 Å². The standard InChI is InChI=1S/C11H24N2O2S/c1-2-12-6-4-3-5-7-13-8-10-16(14,15)11-9-13/h12H,2-11H2,1H3. The molecule has 0 atom stereocenters. The minimum absolute atomic E-state index is 0.352. The fraction of sp³-hybridized carbons (Fsp3) is 1.00. The molecule has 1 aliphatic rings. The summed E-state index contributed by atoms with van der Waals surface area (Å²) in [6.45, 7) is 6.79. The Bertz CT molecular complexity index is 264. The largest absolute Gasteiger partial charge is 0.317 e. The molecule has 1 saturated heterocycles. The molecule has 0 bridgehead atoms. The molecule has 0 aliphatic carbocycles. The minimum Gasteiger partial charge on any atom is -0.317 e. The van der Waals surface area contributed by atoms with Gasteiger partial charge >= 0.3 is 0 Å². The maximum absolute atomic E-state index is 11.2. The number of nitrogens with zero attached hydrogens (tertiary/aromatic N) is 1. The van der Waals surface area contributed by atoms with E-state index in [9.17, 15) is 8.42 Å². The number of unbranched alkanes of at least 4 members (excludes halogenated alkanes) is 2. The van der Waals surface area contributed by atoms with E-state index in [1.165, 1.54) is 19.3 Å². The highest BCUT2D eigenvalue weighted by molar-refractivity contribution is 7.91. The molecular weight excluding hydrogens is 224 g/mol. The van der Waals surface area contributed by atoms with E-state index in [0.29, 0.717) is 11.5 Å². The summed E-state index contributed by atoms with van der Waals surface area (Å²) in [6, 6.07) is 0. The van der Waals surface area contributed by atoms with Crippen molar-refractivity contribution in [2.24, 2.45) is 0 Å². The van der Waals surface area contributed by atoms with E-state index >= 15 is 0 Å². The van der Waals surface area contributed by atoms with Gasteiger partial charge in [0.15, 0.2) is 9.84 Å². The van der Waals surface area contributed by atoms with Crippen molar-refractivity contribution in [2.45, 2.75) is 26.2 Å². The van der Waals surface area contributed by atoms with Crippen molar-refractivity contribution in [1.82, 2.24) is 10.2 Å². The highest BCUT2D eigenvalue weighted by Crippen LogP contribution is 2.05. The molecule has 0 amide bonds. The molecule has 16 heavy (non-hydrogen) atoms. The molecule has 1 N–H and O–H groups in total. The van der Waals surface area contributed by atoms with Crippen LogP contribution in [0.1, 0.15) is 26.2 Å². The van der Waals surface area contributed by atoms with Gasteiger partial charge in [0.2, 0.25) is 0 Å².